The maximum absolute atomic E-state index is 7.77. The van der Waals surface area contributed by atoms with E-state index in [1.807, 2.05) is 0 Å². The zero-order valence-electron chi connectivity index (χ0n) is 55.5. The maximum Gasteiger partial charge on any atom is 0.262 e. The third kappa shape index (κ3) is 9.08. The molecular formula is C92H67BN2O3. The largest absolute Gasteiger partial charge is 0.456 e. The number of hydrogen-bond acceptors (Lipinski definition) is 5. The van der Waals surface area contributed by atoms with Crippen LogP contribution in [0.25, 0.3) is 133 Å². The highest BCUT2D eigenvalue weighted by atomic mass is 16.3. The smallest absolute Gasteiger partial charge is 0.262 e. The quantitative estimate of drug-likeness (QED) is 0.142. The molecule has 0 bridgehead atoms. The highest BCUT2D eigenvalue weighted by Crippen LogP contribution is 2.55. The molecule has 6 heteroatoms. The Morgan fingerprint density at radius 3 is 1.01 bits per heavy atom. The minimum atomic E-state index is -0.521. The molecule has 0 saturated heterocycles. The molecule has 0 fully saturated rings. The monoisotopic (exact) mass is 1260 g/mol. The van der Waals surface area contributed by atoms with Crippen molar-refractivity contribution in [2.24, 2.45) is 0 Å². The molecule has 0 unspecified atom stereocenters. The Kier molecular flexibility index (Phi) is 12.8. The molecule has 3 aromatic heterocycles. The lowest BCUT2D eigenvalue weighted by molar-refractivity contribution is 0.590. The summed E-state index contributed by atoms with van der Waals surface area (Å²) in [6.07, 6.45) is 0. The van der Waals surface area contributed by atoms with Crippen LogP contribution in [0.15, 0.2) is 311 Å². The SMILES string of the molecule is CC(C)(C)c1ccc(-c2cc3c(c4oc5ccccc5c24)B2c4c(cc5c(oc6ccccc65)c4N(c4cc(-c5ccccc5)cc(-c5ccccc5)c4)c4cc(-c5ccc(C(C)(C)C)cc5)c5c(oc6ccccc65)c42)N3c2cc(-c3ccccc3)cc(-c3ccccc3)c2)cc1. The van der Waals surface area contributed by atoms with E-state index >= 15 is 0 Å². The second-order valence-electron chi connectivity index (χ2n) is 28.7. The van der Waals surface area contributed by atoms with Gasteiger partial charge < -0.3 is 23.1 Å². The van der Waals surface area contributed by atoms with Crippen molar-refractivity contribution in [2.75, 3.05) is 9.80 Å². The number of hydrogen-bond donors (Lipinski definition) is 0. The average Bonchev–Trinajstić information content (AvgIpc) is 1.23. The van der Waals surface area contributed by atoms with Crippen molar-refractivity contribution in [3.05, 3.63) is 308 Å². The van der Waals surface area contributed by atoms with Crippen molar-refractivity contribution < 1.29 is 13.3 Å². The van der Waals surface area contributed by atoms with Crippen LogP contribution in [-0.4, -0.2) is 6.71 Å². The van der Waals surface area contributed by atoms with Crippen LogP contribution < -0.4 is 26.2 Å². The van der Waals surface area contributed by atoms with Crippen LogP contribution in [0.5, 0.6) is 0 Å². The van der Waals surface area contributed by atoms with E-state index in [0.29, 0.717) is 0 Å². The Labute approximate surface area is 570 Å². The molecule has 98 heavy (non-hydrogen) atoms. The van der Waals surface area contributed by atoms with Crippen molar-refractivity contribution in [1.29, 1.82) is 0 Å². The highest BCUT2D eigenvalue weighted by molar-refractivity contribution is 7.03. The van der Waals surface area contributed by atoms with E-state index in [-0.39, 0.29) is 10.8 Å². The van der Waals surface area contributed by atoms with Crippen LogP contribution in [-0.2, 0) is 10.8 Å². The van der Waals surface area contributed by atoms with Crippen LogP contribution >= 0.6 is 0 Å². The fourth-order valence-corrected chi connectivity index (χ4v) is 15.9. The van der Waals surface area contributed by atoms with Crippen molar-refractivity contribution in [2.45, 2.75) is 52.4 Å². The third-order valence-corrected chi connectivity index (χ3v) is 20.7. The van der Waals surface area contributed by atoms with E-state index in [2.05, 4.69) is 349 Å². The molecule has 2 aliphatic heterocycles. The molecule has 0 aliphatic carbocycles. The second-order valence-corrected chi connectivity index (χ2v) is 28.7. The Morgan fingerprint density at radius 1 is 0.265 bits per heavy atom. The van der Waals surface area contributed by atoms with Crippen molar-refractivity contribution in [3.63, 3.8) is 0 Å². The van der Waals surface area contributed by atoms with E-state index in [1.165, 1.54) is 11.1 Å². The molecule has 0 amide bonds. The predicted octanol–water partition coefficient (Wildman–Crippen LogP) is 24.1. The first-order chi connectivity index (χ1) is 47.9. The number of furan rings is 3. The van der Waals surface area contributed by atoms with E-state index in [9.17, 15) is 0 Å². The number of nitrogens with zero attached hydrogens (tertiary/aromatic N) is 2. The van der Waals surface area contributed by atoms with E-state index in [0.717, 1.165) is 183 Å². The second kappa shape index (κ2) is 21.8. The summed E-state index contributed by atoms with van der Waals surface area (Å²) in [4.78, 5) is 5.12. The Bertz CT molecular complexity index is 5860. The number of para-hydroxylation sites is 3. The van der Waals surface area contributed by atoms with Crippen molar-refractivity contribution in [1.82, 2.24) is 0 Å². The van der Waals surface area contributed by atoms with Gasteiger partial charge in [-0.3, -0.25) is 0 Å². The topological polar surface area (TPSA) is 45.9 Å². The molecule has 466 valence electrons. The number of rotatable bonds is 8. The minimum absolute atomic E-state index is 0.0565. The van der Waals surface area contributed by atoms with E-state index in [1.54, 1.807) is 0 Å². The molecule has 5 nitrogen and oxygen atoms in total. The average molecular weight is 1260 g/mol. The lowest BCUT2D eigenvalue weighted by atomic mass is 9.33. The third-order valence-electron chi connectivity index (χ3n) is 20.7. The summed E-state index contributed by atoms with van der Waals surface area (Å²) in [5.74, 6) is 0. The number of fused-ring (bicyclic) bond motifs is 16. The predicted molar refractivity (Wildman–Crippen MR) is 412 cm³/mol. The zero-order valence-corrected chi connectivity index (χ0v) is 55.5. The van der Waals surface area contributed by atoms with Crippen LogP contribution in [0.3, 0.4) is 0 Å². The summed E-state index contributed by atoms with van der Waals surface area (Å²) in [5.41, 5.74) is 29.6. The van der Waals surface area contributed by atoms with Gasteiger partial charge in [0.05, 0.1) is 5.69 Å². The molecule has 17 aromatic rings. The van der Waals surface area contributed by atoms with Gasteiger partial charge in [-0.1, -0.05) is 266 Å². The Hall–Kier alpha value is -11.9. The lowest BCUT2D eigenvalue weighted by Gasteiger charge is -2.44. The molecule has 0 atom stereocenters. The number of anilines is 6. The Morgan fingerprint density at radius 2 is 0.602 bits per heavy atom. The molecule has 0 radical (unpaired) electrons. The molecule has 0 spiro atoms. The first kappa shape index (κ1) is 57.6. The number of benzene rings is 14. The first-order valence-electron chi connectivity index (χ1n) is 34.1. The van der Waals surface area contributed by atoms with Crippen LogP contribution in [0, 0.1) is 0 Å². The van der Waals surface area contributed by atoms with Gasteiger partial charge in [0.1, 0.15) is 27.9 Å². The van der Waals surface area contributed by atoms with Gasteiger partial charge in [-0.2, -0.15) is 0 Å². The summed E-state index contributed by atoms with van der Waals surface area (Å²) in [7, 11) is 0. The summed E-state index contributed by atoms with van der Waals surface area (Å²) < 4.78 is 23.2. The normalized spacial score (nSPS) is 12.9. The van der Waals surface area contributed by atoms with Gasteiger partial charge in [0.25, 0.3) is 6.71 Å². The first-order valence-corrected chi connectivity index (χ1v) is 34.1. The highest BCUT2D eigenvalue weighted by Gasteiger charge is 2.50. The Balaban J connectivity index is 1.04. The van der Waals surface area contributed by atoms with Crippen molar-refractivity contribution in [3.8, 4) is 66.8 Å². The molecule has 5 heterocycles. The molecule has 14 aromatic carbocycles. The summed E-state index contributed by atoms with van der Waals surface area (Å²) in [6, 6.07) is 109. The standard InChI is InChI=1S/C92H67BN2O3/c1-91(2,3)66-43-39-60(40-44-66)73-53-77-85(89-82(73)71-34-20-23-37-80(71)97-89)93-84-76(94(77)68-49-62(56-25-11-7-12-26-56)47-63(50-68)57-27-13-8-14-28-57)55-75-70-33-19-22-36-79(70)96-88(75)87(84)95(69-51-64(58-29-15-9-16-30-58)48-65(52-69)59-31-17-10-18-32-59)78-54-74(61-41-45-67(46-42-61)92(4,5)6)83-72-35-21-24-38-81(72)98-90(83)86(78)93/h7-55H,1-6H3. The van der Waals surface area contributed by atoms with Gasteiger partial charge in [-0.15, -0.1) is 0 Å². The van der Waals surface area contributed by atoms with Crippen LogP contribution in [0.1, 0.15) is 52.7 Å². The van der Waals surface area contributed by atoms with Gasteiger partial charge >= 0.3 is 0 Å². The summed E-state index contributed by atoms with van der Waals surface area (Å²) in [5, 5.41) is 6.25. The minimum Gasteiger partial charge on any atom is -0.456 e. The zero-order chi connectivity index (χ0) is 65.7. The summed E-state index contributed by atoms with van der Waals surface area (Å²) in [6.45, 7) is 13.2. The van der Waals surface area contributed by atoms with Gasteiger partial charge in [-0.25, -0.2) is 0 Å². The van der Waals surface area contributed by atoms with E-state index in [4.69, 9.17) is 13.3 Å². The van der Waals surface area contributed by atoms with Gasteiger partial charge in [0.15, 0.2) is 5.58 Å². The van der Waals surface area contributed by atoms with E-state index < -0.39 is 6.71 Å². The molecule has 0 saturated carbocycles. The molecular weight excluding hydrogens is 1190 g/mol. The van der Waals surface area contributed by atoms with Crippen LogP contribution in [0.4, 0.5) is 34.1 Å². The van der Waals surface area contributed by atoms with Gasteiger partial charge in [-0.05, 0) is 178 Å². The summed E-state index contributed by atoms with van der Waals surface area (Å²) >= 11 is 0. The van der Waals surface area contributed by atoms with Crippen molar-refractivity contribution >= 4 is 123 Å². The molecule has 19 rings (SSSR count). The van der Waals surface area contributed by atoms with Crippen LogP contribution in [0.2, 0.25) is 0 Å². The molecule has 0 N–H and O–H groups in total. The van der Waals surface area contributed by atoms with Gasteiger partial charge in [0, 0.05) is 60.8 Å². The fraction of sp³-hybridized carbons (Fsp3) is 0.0870. The van der Waals surface area contributed by atoms with Gasteiger partial charge in [0.2, 0.25) is 0 Å². The lowest BCUT2D eigenvalue weighted by Crippen LogP contribution is -2.61. The molecule has 2 aliphatic rings. The maximum atomic E-state index is 7.77. The fourth-order valence-electron chi connectivity index (χ4n) is 15.9.